The second kappa shape index (κ2) is 6.75. The highest BCUT2D eigenvalue weighted by Gasteiger charge is 2.42. The number of hydrogen-bond donors (Lipinski definition) is 0. The molecule has 0 radical (unpaired) electrons. The minimum absolute atomic E-state index is 0.182. The van der Waals surface area contributed by atoms with Gasteiger partial charge in [0.25, 0.3) is 0 Å². The second-order valence-electron chi connectivity index (χ2n) is 7.31. The van der Waals surface area contributed by atoms with Crippen molar-refractivity contribution in [3.05, 3.63) is 83.1 Å². The zero-order valence-corrected chi connectivity index (χ0v) is 15.2. The van der Waals surface area contributed by atoms with E-state index in [-0.39, 0.29) is 18.0 Å². The largest absolute Gasteiger partial charge is 0.489 e. The molecule has 0 fully saturated rings. The highest BCUT2D eigenvalue weighted by atomic mass is 16.6. The highest BCUT2D eigenvalue weighted by Crippen LogP contribution is 2.48. The Bertz CT molecular complexity index is 770. The van der Waals surface area contributed by atoms with Crippen LogP contribution in [0.15, 0.2) is 72.0 Å². The van der Waals surface area contributed by atoms with Crippen LogP contribution in [0.2, 0.25) is 0 Å². The van der Waals surface area contributed by atoms with Crippen LogP contribution in [0.3, 0.4) is 0 Å². The summed E-state index contributed by atoms with van der Waals surface area (Å²) in [6.45, 7) is 7.48. The third-order valence-corrected chi connectivity index (χ3v) is 4.20. The first-order valence-corrected chi connectivity index (χ1v) is 8.57. The van der Waals surface area contributed by atoms with E-state index >= 15 is 0 Å². The third-order valence-electron chi connectivity index (χ3n) is 4.20. The van der Waals surface area contributed by atoms with E-state index in [0.717, 1.165) is 11.1 Å². The number of esters is 1. The maximum Gasteiger partial charge on any atom is 0.338 e. The predicted octanol–water partition coefficient (Wildman–Crippen LogP) is 5.16. The Kier molecular flexibility index (Phi) is 4.67. The quantitative estimate of drug-likeness (QED) is 0.727. The van der Waals surface area contributed by atoms with Crippen LogP contribution in [0.1, 0.15) is 50.8 Å². The van der Waals surface area contributed by atoms with Crippen molar-refractivity contribution in [3.63, 3.8) is 0 Å². The molecular formula is C22H24O3. The average molecular weight is 336 g/mol. The summed E-state index contributed by atoms with van der Waals surface area (Å²) in [5.74, 6) is 0.146. The molecule has 130 valence electrons. The molecule has 2 aromatic carbocycles. The van der Waals surface area contributed by atoms with Crippen LogP contribution in [-0.2, 0) is 14.3 Å². The number of allylic oxidation sites excluding steroid dienone is 1. The lowest BCUT2D eigenvalue weighted by Gasteiger charge is -2.24. The summed E-state index contributed by atoms with van der Waals surface area (Å²) >= 11 is 0. The lowest BCUT2D eigenvalue weighted by atomic mass is 9.84. The summed E-state index contributed by atoms with van der Waals surface area (Å²) in [5, 5.41) is 0. The smallest absolute Gasteiger partial charge is 0.338 e. The fourth-order valence-electron chi connectivity index (χ4n) is 3.20. The van der Waals surface area contributed by atoms with Gasteiger partial charge in [0, 0.05) is 0 Å². The molecule has 0 bridgehead atoms. The molecule has 0 spiro atoms. The summed E-state index contributed by atoms with van der Waals surface area (Å²) in [7, 11) is 0. The maximum absolute atomic E-state index is 12.9. The van der Waals surface area contributed by atoms with Crippen molar-refractivity contribution < 1.29 is 14.3 Å². The molecule has 2 unspecified atom stereocenters. The third kappa shape index (κ3) is 3.76. The van der Waals surface area contributed by atoms with Crippen LogP contribution < -0.4 is 0 Å². The molecular weight excluding hydrogens is 312 g/mol. The van der Waals surface area contributed by atoms with Gasteiger partial charge in [-0.05, 0) is 38.8 Å². The van der Waals surface area contributed by atoms with Crippen LogP contribution in [-0.4, -0.2) is 11.6 Å². The molecule has 3 heteroatoms. The Hall–Kier alpha value is -2.55. The van der Waals surface area contributed by atoms with E-state index in [1.807, 2.05) is 88.4 Å². The van der Waals surface area contributed by atoms with E-state index in [9.17, 15) is 4.79 Å². The molecule has 0 saturated heterocycles. The van der Waals surface area contributed by atoms with Gasteiger partial charge < -0.3 is 9.47 Å². The van der Waals surface area contributed by atoms with Crippen LogP contribution in [0, 0.1) is 0 Å². The minimum atomic E-state index is -0.545. The van der Waals surface area contributed by atoms with E-state index in [4.69, 9.17) is 9.47 Å². The zero-order valence-electron chi connectivity index (χ0n) is 15.2. The first kappa shape index (κ1) is 17.3. The van der Waals surface area contributed by atoms with Gasteiger partial charge in [-0.1, -0.05) is 60.7 Å². The van der Waals surface area contributed by atoms with Gasteiger partial charge in [-0.15, -0.1) is 0 Å². The highest BCUT2D eigenvalue weighted by molar-refractivity contribution is 5.92. The van der Waals surface area contributed by atoms with Crippen molar-refractivity contribution in [2.24, 2.45) is 0 Å². The predicted molar refractivity (Wildman–Crippen MR) is 98.0 cm³/mol. The lowest BCUT2D eigenvalue weighted by molar-refractivity contribution is -0.150. The summed E-state index contributed by atoms with van der Waals surface area (Å²) in [6, 6.07) is 20.0. The monoisotopic (exact) mass is 336 g/mol. The van der Waals surface area contributed by atoms with E-state index < -0.39 is 5.60 Å². The summed E-state index contributed by atoms with van der Waals surface area (Å²) in [4.78, 5) is 12.9. The molecule has 3 nitrogen and oxygen atoms in total. The molecule has 1 heterocycles. The van der Waals surface area contributed by atoms with Gasteiger partial charge >= 0.3 is 5.97 Å². The molecule has 0 amide bonds. The van der Waals surface area contributed by atoms with Gasteiger partial charge in [-0.2, -0.15) is 0 Å². The summed E-state index contributed by atoms with van der Waals surface area (Å²) in [5.41, 5.74) is 2.16. The van der Waals surface area contributed by atoms with Crippen molar-refractivity contribution in [1.29, 1.82) is 0 Å². The van der Waals surface area contributed by atoms with Crippen molar-refractivity contribution in [2.45, 2.75) is 45.3 Å². The van der Waals surface area contributed by atoms with E-state index in [2.05, 4.69) is 0 Å². The Labute approximate surface area is 149 Å². The maximum atomic E-state index is 12.9. The van der Waals surface area contributed by atoms with Gasteiger partial charge in [-0.3, -0.25) is 0 Å². The standard InChI is InChI=1S/C22H24O3/c1-15-18(21(23)25-22(2,3)4)19(16-11-7-5-8-12-16)20(24-15)17-13-9-6-10-14-17/h5-14,19-20H,1-4H3. The van der Waals surface area contributed by atoms with E-state index in [1.54, 1.807) is 0 Å². The number of carbonyl (C=O) groups excluding carboxylic acids is 1. The van der Waals surface area contributed by atoms with E-state index in [1.165, 1.54) is 0 Å². The molecule has 2 aromatic rings. The molecule has 2 atom stereocenters. The van der Waals surface area contributed by atoms with Gasteiger partial charge in [0.1, 0.15) is 17.5 Å². The van der Waals surface area contributed by atoms with Crippen molar-refractivity contribution >= 4 is 5.97 Å². The summed E-state index contributed by atoms with van der Waals surface area (Å²) in [6.07, 6.45) is -0.230. The summed E-state index contributed by atoms with van der Waals surface area (Å²) < 4.78 is 11.8. The molecule has 3 rings (SSSR count). The number of ether oxygens (including phenoxy) is 2. The lowest BCUT2D eigenvalue weighted by Crippen LogP contribution is -2.27. The molecule has 1 aliphatic heterocycles. The Balaban J connectivity index is 2.03. The SMILES string of the molecule is CC1=C(C(=O)OC(C)(C)C)C(c2ccccc2)C(c2ccccc2)O1. The second-order valence-corrected chi connectivity index (χ2v) is 7.31. The molecule has 0 aliphatic carbocycles. The van der Waals surface area contributed by atoms with Crippen LogP contribution >= 0.6 is 0 Å². The Morgan fingerprint density at radius 1 is 0.920 bits per heavy atom. The van der Waals surface area contributed by atoms with Gasteiger partial charge in [-0.25, -0.2) is 4.79 Å². The fraction of sp³-hybridized carbons (Fsp3) is 0.318. The molecule has 1 aliphatic rings. The number of benzene rings is 2. The molecule has 0 aromatic heterocycles. The Morgan fingerprint density at radius 3 is 1.96 bits per heavy atom. The van der Waals surface area contributed by atoms with Gasteiger partial charge in [0.05, 0.1) is 11.5 Å². The average Bonchev–Trinajstić information content (AvgIpc) is 2.92. The molecule has 25 heavy (non-hydrogen) atoms. The first-order chi connectivity index (χ1) is 11.9. The number of rotatable bonds is 3. The van der Waals surface area contributed by atoms with Crippen LogP contribution in [0.4, 0.5) is 0 Å². The normalized spacial score (nSPS) is 20.3. The number of hydrogen-bond acceptors (Lipinski definition) is 3. The Morgan fingerprint density at radius 2 is 1.44 bits per heavy atom. The minimum Gasteiger partial charge on any atom is -0.489 e. The van der Waals surface area contributed by atoms with Crippen LogP contribution in [0.5, 0.6) is 0 Å². The van der Waals surface area contributed by atoms with Gasteiger partial charge in [0.15, 0.2) is 0 Å². The molecule has 0 N–H and O–H groups in total. The molecule has 0 saturated carbocycles. The van der Waals surface area contributed by atoms with E-state index in [0.29, 0.717) is 11.3 Å². The topological polar surface area (TPSA) is 35.5 Å². The first-order valence-electron chi connectivity index (χ1n) is 8.57. The van der Waals surface area contributed by atoms with Crippen molar-refractivity contribution in [3.8, 4) is 0 Å². The zero-order chi connectivity index (χ0) is 18.0. The van der Waals surface area contributed by atoms with Crippen LogP contribution in [0.25, 0.3) is 0 Å². The fourth-order valence-corrected chi connectivity index (χ4v) is 3.20. The van der Waals surface area contributed by atoms with Crippen molar-refractivity contribution in [1.82, 2.24) is 0 Å². The van der Waals surface area contributed by atoms with Gasteiger partial charge in [0.2, 0.25) is 0 Å². The number of carbonyl (C=O) groups is 1. The van der Waals surface area contributed by atoms with Crippen molar-refractivity contribution in [2.75, 3.05) is 0 Å².